The standard InChI is InChI=1S/C29H31O4P/c1-18-11-19(2)26(20(3)12-18)28(30)34(25-9-7-6-8-10-25)29(31)27-21(4)13-23(14-22(27)5)15-32-16-24-17-33-24/h6-14,24H,15-17H2,1-5H3. The van der Waals surface area contributed by atoms with Gasteiger partial charge in [0.1, 0.15) is 6.10 Å². The molecule has 1 fully saturated rings. The van der Waals surface area contributed by atoms with Crippen LogP contribution in [-0.2, 0) is 16.1 Å². The smallest absolute Gasteiger partial charge is 0.197 e. The fourth-order valence-corrected chi connectivity index (χ4v) is 6.87. The Labute approximate surface area is 203 Å². The molecule has 2 atom stereocenters. The van der Waals surface area contributed by atoms with Gasteiger partial charge >= 0.3 is 0 Å². The lowest BCUT2D eigenvalue weighted by atomic mass is 10.0. The quantitative estimate of drug-likeness (QED) is 0.285. The third-order valence-electron chi connectivity index (χ3n) is 6.09. The first kappa shape index (κ1) is 24.5. The molecule has 0 aliphatic carbocycles. The predicted molar refractivity (Wildman–Crippen MR) is 138 cm³/mol. The van der Waals surface area contributed by atoms with Gasteiger partial charge in [0.2, 0.25) is 0 Å². The van der Waals surface area contributed by atoms with Crippen LogP contribution in [0.5, 0.6) is 0 Å². The molecule has 1 aliphatic rings. The van der Waals surface area contributed by atoms with Crippen molar-refractivity contribution < 1.29 is 19.1 Å². The molecule has 1 saturated heterocycles. The molecule has 0 N–H and O–H groups in total. The first-order valence-corrected chi connectivity index (χ1v) is 12.9. The molecule has 3 aromatic carbocycles. The van der Waals surface area contributed by atoms with E-state index in [9.17, 15) is 9.59 Å². The number of hydrogen-bond acceptors (Lipinski definition) is 4. The summed E-state index contributed by atoms with van der Waals surface area (Å²) < 4.78 is 10.9. The minimum absolute atomic E-state index is 0.0863. The summed E-state index contributed by atoms with van der Waals surface area (Å²) in [5.74, 6) is 0. The van der Waals surface area contributed by atoms with Crippen molar-refractivity contribution in [3.05, 3.63) is 99.1 Å². The average molecular weight is 475 g/mol. The number of ether oxygens (including phenoxy) is 2. The Morgan fingerprint density at radius 1 is 0.853 bits per heavy atom. The van der Waals surface area contributed by atoms with Gasteiger partial charge in [-0.3, -0.25) is 9.59 Å². The second-order valence-electron chi connectivity index (χ2n) is 9.13. The Bertz CT molecular complexity index is 1180. The second-order valence-corrected chi connectivity index (χ2v) is 11.1. The highest BCUT2D eigenvalue weighted by molar-refractivity contribution is 7.96. The molecule has 0 radical (unpaired) electrons. The summed E-state index contributed by atoms with van der Waals surface area (Å²) in [5.41, 5.74) is 6.83. The van der Waals surface area contributed by atoms with E-state index in [1.165, 1.54) is 0 Å². The molecule has 4 rings (SSSR count). The normalized spacial score (nSPS) is 15.7. The number of benzene rings is 3. The summed E-state index contributed by atoms with van der Waals surface area (Å²) in [5, 5.41) is 0.780. The zero-order valence-electron chi connectivity index (χ0n) is 20.5. The fourth-order valence-electron chi connectivity index (χ4n) is 4.59. The molecule has 5 heteroatoms. The maximum absolute atomic E-state index is 14.1. The summed E-state index contributed by atoms with van der Waals surface area (Å²) in [7, 11) is -1.75. The Morgan fingerprint density at radius 2 is 1.35 bits per heavy atom. The lowest BCUT2D eigenvalue weighted by Crippen LogP contribution is -2.19. The SMILES string of the molecule is Cc1cc(C)c(C(=O)P(C(=O)c2c(C)cc(COCC3CO3)cc2C)c2ccccc2)c(C)c1. The Hall–Kier alpha value is -2.65. The zero-order chi connectivity index (χ0) is 24.4. The fraction of sp³-hybridized carbons (Fsp3) is 0.310. The van der Waals surface area contributed by atoms with Crippen molar-refractivity contribution >= 4 is 24.3 Å². The van der Waals surface area contributed by atoms with E-state index in [1.54, 1.807) is 0 Å². The Balaban J connectivity index is 1.71. The van der Waals surface area contributed by atoms with Crippen molar-refractivity contribution in [3.63, 3.8) is 0 Å². The number of epoxide rings is 1. The van der Waals surface area contributed by atoms with E-state index in [0.29, 0.717) is 24.3 Å². The molecule has 1 heterocycles. The van der Waals surface area contributed by atoms with Crippen LogP contribution in [-0.4, -0.2) is 30.4 Å². The van der Waals surface area contributed by atoms with E-state index in [4.69, 9.17) is 9.47 Å². The van der Waals surface area contributed by atoms with Gasteiger partial charge < -0.3 is 9.47 Å². The Kier molecular flexibility index (Phi) is 7.42. The molecule has 2 unspecified atom stereocenters. The number of hydrogen-bond donors (Lipinski definition) is 0. The minimum Gasteiger partial charge on any atom is -0.374 e. The van der Waals surface area contributed by atoms with E-state index >= 15 is 0 Å². The van der Waals surface area contributed by atoms with Gasteiger partial charge in [-0.2, -0.15) is 0 Å². The molecule has 0 saturated carbocycles. The van der Waals surface area contributed by atoms with Crippen molar-refractivity contribution in [2.45, 2.75) is 47.3 Å². The maximum atomic E-state index is 14.1. The van der Waals surface area contributed by atoms with Crippen LogP contribution in [0, 0.1) is 34.6 Å². The molecule has 176 valence electrons. The van der Waals surface area contributed by atoms with E-state index < -0.39 is 7.92 Å². The van der Waals surface area contributed by atoms with E-state index in [-0.39, 0.29) is 17.2 Å². The van der Waals surface area contributed by atoms with Gasteiger partial charge in [-0.1, -0.05) is 60.2 Å². The lowest BCUT2D eigenvalue weighted by molar-refractivity contribution is 0.104. The van der Waals surface area contributed by atoms with E-state index in [2.05, 4.69) is 0 Å². The maximum Gasteiger partial charge on any atom is 0.197 e. The van der Waals surface area contributed by atoms with Gasteiger partial charge in [-0.15, -0.1) is 0 Å². The van der Waals surface area contributed by atoms with Crippen LogP contribution < -0.4 is 5.30 Å². The third-order valence-corrected chi connectivity index (χ3v) is 8.17. The van der Waals surface area contributed by atoms with Gasteiger partial charge in [-0.05, 0) is 67.7 Å². The largest absolute Gasteiger partial charge is 0.374 e. The average Bonchev–Trinajstić information content (AvgIpc) is 3.58. The summed E-state index contributed by atoms with van der Waals surface area (Å²) in [4.78, 5) is 28.1. The third kappa shape index (κ3) is 5.36. The topological polar surface area (TPSA) is 55.9 Å². The van der Waals surface area contributed by atoms with E-state index in [1.807, 2.05) is 89.2 Å². The van der Waals surface area contributed by atoms with Crippen LogP contribution in [0.25, 0.3) is 0 Å². The van der Waals surface area contributed by atoms with Gasteiger partial charge in [0.25, 0.3) is 0 Å². The molecule has 34 heavy (non-hydrogen) atoms. The van der Waals surface area contributed by atoms with Gasteiger partial charge in [-0.25, -0.2) is 0 Å². The highest BCUT2D eigenvalue weighted by Gasteiger charge is 2.33. The molecule has 1 aliphatic heterocycles. The van der Waals surface area contributed by atoms with Gasteiger partial charge in [0.15, 0.2) is 11.0 Å². The van der Waals surface area contributed by atoms with Crippen molar-refractivity contribution in [2.75, 3.05) is 13.2 Å². The molecular weight excluding hydrogens is 443 g/mol. The summed E-state index contributed by atoms with van der Waals surface area (Å²) in [6.45, 7) is 11.6. The number of carbonyl (C=O) groups is 2. The lowest BCUT2D eigenvalue weighted by Gasteiger charge is -2.21. The van der Waals surface area contributed by atoms with Crippen molar-refractivity contribution in [3.8, 4) is 0 Å². The zero-order valence-corrected chi connectivity index (χ0v) is 21.4. The number of aryl methyl sites for hydroxylation is 5. The van der Waals surface area contributed by atoms with Crippen LogP contribution in [0.3, 0.4) is 0 Å². The molecule has 3 aromatic rings. The summed E-state index contributed by atoms with van der Waals surface area (Å²) >= 11 is 0. The van der Waals surface area contributed by atoms with Crippen LogP contribution in [0.2, 0.25) is 0 Å². The van der Waals surface area contributed by atoms with Crippen LogP contribution in [0.4, 0.5) is 0 Å². The number of rotatable bonds is 9. The predicted octanol–water partition coefficient (Wildman–Crippen LogP) is 5.93. The van der Waals surface area contributed by atoms with Gasteiger partial charge in [0, 0.05) is 11.1 Å². The number of carbonyl (C=O) groups excluding carboxylic acids is 2. The first-order valence-electron chi connectivity index (χ1n) is 11.6. The summed E-state index contributed by atoms with van der Waals surface area (Å²) in [6.07, 6.45) is 0.220. The van der Waals surface area contributed by atoms with Crippen molar-refractivity contribution in [1.29, 1.82) is 0 Å². The van der Waals surface area contributed by atoms with Crippen molar-refractivity contribution in [2.24, 2.45) is 0 Å². The molecule has 0 aromatic heterocycles. The highest BCUT2D eigenvalue weighted by Crippen LogP contribution is 2.45. The van der Waals surface area contributed by atoms with E-state index in [0.717, 1.165) is 45.3 Å². The molecular formula is C29H31O4P. The molecule has 0 amide bonds. The second kappa shape index (κ2) is 10.3. The summed E-state index contributed by atoms with van der Waals surface area (Å²) in [6, 6.07) is 17.5. The van der Waals surface area contributed by atoms with Crippen LogP contribution in [0.15, 0.2) is 54.6 Å². The van der Waals surface area contributed by atoms with Crippen LogP contribution in [0.1, 0.15) is 54.1 Å². The molecule has 4 nitrogen and oxygen atoms in total. The first-order chi connectivity index (χ1) is 16.3. The monoisotopic (exact) mass is 474 g/mol. The van der Waals surface area contributed by atoms with Crippen molar-refractivity contribution in [1.82, 2.24) is 0 Å². The minimum atomic E-state index is -1.75. The molecule has 0 spiro atoms. The van der Waals surface area contributed by atoms with Gasteiger partial charge in [0.05, 0.1) is 27.7 Å². The van der Waals surface area contributed by atoms with Crippen LogP contribution >= 0.6 is 7.92 Å². The highest BCUT2D eigenvalue weighted by atomic mass is 31.1. The molecule has 0 bridgehead atoms. The Morgan fingerprint density at radius 3 is 1.85 bits per heavy atom.